The van der Waals surface area contributed by atoms with E-state index in [1.165, 1.54) is 25.9 Å². The summed E-state index contributed by atoms with van der Waals surface area (Å²) in [5.74, 6) is 0.0520. The lowest BCUT2D eigenvalue weighted by atomic mass is 10.0. The van der Waals surface area contributed by atoms with Gasteiger partial charge in [-0.25, -0.2) is 4.79 Å². The average molecular weight is 411 g/mol. The quantitative estimate of drug-likeness (QED) is 0.680. The molecule has 3 fully saturated rings. The topological polar surface area (TPSA) is 65.6 Å². The summed E-state index contributed by atoms with van der Waals surface area (Å²) in [6.07, 6.45) is 3.04. The van der Waals surface area contributed by atoms with Gasteiger partial charge in [-0.05, 0) is 60.2 Å². The number of hydrogen-bond acceptors (Lipinski definition) is 6. The SMILES string of the molecule is CN1CCC(N2CCN(C(=O)COC[C@@H]3CCN3C(=O)OC(C)(C)C)CC2)CC1. The maximum absolute atomic E-state index is 12.5. The van der Waals surface area contributed by atoms with Gasteiger partial charge >= 0.3 is 6.09 Å². The van der Waals surface area contributed by atoms with Gasteiger partial charge in [0.15, 0.2) is 0 Å². The number of amides is 2. The van der Waals surface area contributed by atoms with E-state index in [0.717, 1.165) is 32.6 Å². The highest BCUT2D eigenvalue weighted by molar-refractivity contribution is 5.77. The molecule has 3 aliphatic rings. The van der Waals surface area contributed by atoms with E-state index in [2.05, 4.69) is 16.8 Å². The zero-order chi connectivity index (χ0) is 21.0. The highest BCUT2D eigenvalue weighted by atomic mass is 16.6. The van der Waals surface area contributed by atoms with Gasteiger partial charge in [0.2, 0.25) is 5.91 Å². The largest absolute Gasteiger partial charge is 0.444 e. The molecule has 0 N–H and O–H groups in total. The first kappa shape index (κ1) is 22.3. The average Bonchev–Trinajstić information content (AvgIpc) is 2.63. The molecule has 3 heterocycles. The first-order chi connectivity index (χ1) is 13.7. The predicted octanol–water partition coefficient (Wildman–Crippen LogP) is 1.25. The molecule has 166 valence electrons. The van der Waals surface area contributed by atoms with Crippen molar-refractivity contribution < 1.29 is 19.1 Å². The summed E-state index contributed by atoms with van der Waals surface area (Å²) >= 11 is 0. The third-order valence-electron chi connectivity index (χ3n) is 6.18. The molecule has 0 spiro atoms. The molecule has 0 saturated carbocycles. The number of piperidine rings is 1. The van der Waals surface area contributed by atoms with E-state index >= 15 is 0 Å². The van der Waals surface area contributed by atoms with Crippen LogP contribution in [0.15, 0.2) is 0 Å². The molecule has 0 aliphatic carbocycles. The van der Waals surface area contributed by atoms with Gasteiger partial charge in [-0.1, -0.05) is 0 Å². The second-order valence-electron chi connectivity index (χ2n) is 9.58. The molecule has 0 aromatic heterocycles. The monoisotopic (exact) mass is 410 g/mol. The summed E-state index contributed by atoms with van der Waals surface area (Å²) in [4.78, 5) is 33.2. The van der Waals surface area contributed by atoms with Crippen LogP contribution in [0.2, 0.25) is 0 Å². The van der Waals surface area contributed by atoms with Crippen molar-refractivity contribution in [3.63, 3.8) is 0 Å². The molecule has 1 atom stereocenters. The molecule has 8 heteroatoms. The van der Waals surface area contributed by atoms with Crippen LogP contribution in [0.25, 0.3) is 0 Å². The number of carbonyl (C=O) groups is 2. The molecule has 8 nitrogen and oxygen atoms in total. The van der Waals surface area contributed by atoms with E-state index in [9.17, 15) is 9.59 Å². The molecular formula is C21H38N4O4. The highest BCUT2D eigenvalue weighted by Gasteiger charge is 2.35. The van der Waals surface area contributed by atoms with E-state index in [-0.39, 0.29) is 24.6 Å². The number of nitrogens with zero attached hydrogens (tertiary/aromatic N) is 4. The van der Waals surface area contributed by atoms with Crippen molar-refractivity contribution in [1.29, 1.82) is 0 Å². The zero-order valence-corrected chi connectivity index (χ0v) is 18.6. The van der Waals surface area contributed by atoms with E-state index in [1.807, 2.05) is 25.7 Å². The molecule has 29 heavy (non-hydrogen) atoms. The molecule has 0 radical (unpaired) electrons. The first-order valence-electron chi connectivity index (χ1n) is 11.0. The minimum Gasteiger partial charge on any atom is -0.444 e. The molecule has 3 rings (SSSR count). The van der Waals surface area contributed by atoms with Crippen LogP contribution in [0.5, 0.6) is 0 Å². The van der Waals surface area contributed by atoms with E-state index in [1.54, 1.807) is 4.90 Å². The third kappa shape index (κ3) is 6.30. The number of ether oxygens (including phenoxy) is 2. The van der Waals surface area contributed by atoms with Crippen LogP contribution >= 0.6 is 0 Å². The summed E-state index contributed by atoms with van der Waals surface area (Å²) in [7, 11) is 2.18. The van der Waals surface area contributed by atoms with E-state index in [4.69, 9.17) is 9.47 Å². The Morgan fingerprint density at radius 1 is 0.931 bits per heavy atom. The van der Waals surface area contributed by atoms with Crippen molar-refractivity contribution in [2.24, 2.45) is 0 Å². The van der Waals surface area contributed by atoms with Gasteiger partial charge in [0.1, 0.15) is 12.2 Å². The Kier molecular flexibility index (Phi) is 7.40. The summed E-state index contributed by atoms with van der Waals surface area (Å²) < 4.78 is 11.1. The second-order valence-corrected chi connectivity index (χ2v) is 9.58. The van der Waals surface area contributed by atoms with E-state index in [0.29, 0.717) is 19.2 Å². The highest BCUT2D eigenvalue weighted by Crippen LogP contribution is 2.22. The fraction of sp³-hybridized carbons (Fsp3) is 0.905. The van der Waals surface area contributed by atoms with Crippen LogP contribution < -0.4 is 0 Å². The van der Waals surface area contributed by atoms with Gasteiger partial charge in [0.05, 0.1) is 12.6 Å². The van der Waals surface area contributed by atoms with Crippen LogP contribution in [0.4, 0.5) is 4.79 Å². The predicted molar refractivity (Wildman–Crippen MR) is 111 cm³/mol. The third-order valence-corrected chi connectivity index (χ3v) is 6.18. The summed E-state index contributed by atoms with van der Waals surface area (Å²) in [6.45, 7) is 12.6. The standard InChI is InChI=1S/C21H38N4O4/c1-21(2,3)29-20(27)25-10-7-18(25)15-28-16-19(26)24-13-11-23(12-14-24)17-5-8-22(4)9-6-17/h17-18H,5-16H2,1-4H3/t18-/m0/s1. The van der Waals surface area contributed by atoms with Gasteiger partial charge in [-0.2, -0.15) is 0 Å². The summed E-state index contributed by atoms with van der Waals surface area (Å²) in [6, 6.07) is 0.677. The Hall–Kier alpha value is -1.38. The van der Waals surface area contributed by atoms with Crippen molar-refractivity contribution >= 4 is 12.0 Å². The Labute approximate surface area is 175 Å². The first-order valence-corrected chi connectivity index (χ1v) is 11.0. The lowest BCUT2D eigenvalue weighted by Gasteiger charge is -2.42. The normalized spacial score (nSPS) is 25.0. The van der Waals surface area contributed by atoms with Crippen LogP contribution in [0.3, 0.4) is 0 Å². The van der Waals surface area contributed by atoms with Crippen molar-refractivity contribution in [1.82, 2.24) is 19.6 Å². The van der Waals surface area contributed by atoms with E-state index < -0.39 is 5.60 Å². The van der Waals surface area contributed by atoms with Crippen LogP contribution in [-0.4, -0.2) is 115 Å². The molecule has 3 aliphatic heterocycles. The number of piperazine rings is 1. The number of hydrogen-bond donors (Lipinski definition) is 0. The molecule has 0 bridgehead atoms. The number of likely N-dealkylation sites (tertiary alicyclic amines) is 2. The zero-order valence-electron chi connectivity index (χ0n) is 18.6. The molecule has 0 aromatic rings. The molecule has 2 amide bonds. The van der Waals surface area contributed by atoms with Crippen molar-refractivity contribution in [2.75, 3.05) is 66.1 Å². The molecular weight excluding hydrogens is 372 g/mol. The lowest BCUT2D eigenvalue weighted by Crippen LogP contribution is -2.55. The van der Waals surface area contributed by atoms with Gasteiger partial charge in [0, 0.05) is 38.8 Å². The van der Waals surface area contributed by atoms with Gasteiger partial charge in [-0.3, -0.25) is 9.69 Å². The van der Waals surface area contributed by atoms with Crippen molar-refractivity contribution in [3.8, 4) is 0 Å². The Balaban J connectivity index is 1.32. The number of rotatable bonds is 5. The Bertz CT molecular complexity index is 564. The second kappa shape index (κ2) is 9.62. The van der Waals surface area contributed by atoms with Gasteiger partial charge in [0.25, 0.3) is 0 Å². The fourth-order valence-corrected chi connectivity index (χ4v) is 4.25. The molecule has 0 aromatic carbocycles. The number of carbonyl (C=O) groups excluding carboxylic acids is 2. The summed E-state index contributed by atoms with van der Waals surface area (Å²) in [5, 5.41) is 0. The lowest BCUT2D eigenvalue weighted by molar-refractivity contribution is -0.139. The van der Waals surface area contributed by atoms with Crippen LogP contribution in [0.1, 0.15) is 40.0 Å². The van der Waals surface area contributed by atoms with Crippen molar-refractivity contribution in [2.45, 2.75) is 57.7 Å². The minimum atomic E-state index is -0.496. The van der Waals surface area contributed by atoms with Crippen LogP contribution in [-0.2, 0) is 14.3 Å². The van der Waals surface area contributed by atoms with Crippen LogP contribution in [0, 0.1) is 0 Å². The molecule has 0 unspecified atom stereocenters. The summed E-state index contributed by atoms with van der Waals surface area (Å²) in [5.41, 5.74) is -0.496. The van der Waals surface area contributed by atoms with Gasteiger partial charge < -0.3 is 24.2 Å². The van der Waals surface area contributed by atoms with Crippen molar-refractivity contribution in [3.05, 3.63) is 0 Å². The Morgan fingerprint density at radius 3 is 2.14 bits per heavy atom. The smallest absolute Gasteiger partial charge is 0.410 e. The van der Waals surface area contributed by atoms with Gasteiger partial charge in [-0.15, -0.1) is 0 Å². The Morgan fingerprint density at radius 2 is 1.59 bits per heavy atom. The fourth-order valence-electron chi connectivity index (χ4n) is 4.25. The maximum Gasteiger partial charge on any atom is 0.410 e. The molecule has 3 saturated heterocycles. The minimum absolute atomic E-state index is 0.0129. The maximum atomic E-state index is 12.5.